The van der Waals surface area contributed by atoms with E-state index in [1.165, 1.54) is 11.4 Å². The van der Waals surface area contributed by atoms with Crippen molar-refractivity contribution in [1.29, 1.82) is 0 Å². The second-order valence-electron chi connectivity index (χ2n) is 5.30. The lowest BCUT2D eigenvalue weighted by Crippen LogP contribution is -2.28. The Bertz CT molecular complexity index is 616. The van der Waals surface area contributed by atoms with Gasteiger partial charge in [0.1, 0.15) is 0 Å². The van der Waals surface area contributed by atoms with Crippen LogP contribution in [0.5, 0.6) is 0 Å². The van der Waals surface area contributed by atoms with Gasteiger partial charge < -0.3 is 5.32 Å². The monoisotopic (exact) mass is 308 g/mol. The van der Waals surface area contributed by atoms with Gasteiger partial charge in [0.05, 0.1) is 11.4 Å². The molecule has 1 aromatic rings. The molecule has 0 spiro atoms. The van der Waals surface area contributed by atoms with Gasteiger partial charge in [-0.15, -0.1) is 6.42 Å². The molecular formula is C16H24N2O2S. The summed E-state index contributed by atoms with van der Waals surface area (Å²) in [7, 11) is -2.03. The minimum Gasteiger partial charge on any atom is -0.310 e. The fraction of sp³-hybridized carbons (Fsp3) is 0.500. The van der Waals surface area contributed by atoms with Crippen LogP contribution in [0.4, 0.5) is 0 Å². The van der Waals surface area contributed by atoms with E-state index < -0.39 is 10.0 Å². The Hall–Kier alpha value is -1.35. The molecule has 0 heterocycles. The van der Waals surface area contributed by atoms with Crippen LogP contribution in [0.1, 0.15) is 31.9 Å². The molecule has 116 valence electrons. The number of benzene rings is 1. The van der Waals surface area contributed by atoms with E-state index in [9.17, 15) is 8.42 Å². The van der Waals surface area contributed by atoms with Crippen LogP contribution in [0.2, 0.25) is 0 Å². The number of nitrogens with one attached hydrogen (secondary N) is 1. The molecule has 1 N–H and O–H groups in total. The Morgan fingerprint density at radius 1 is 1.38 bits per heavy atom. The van der Waals surface area contributed by atoms with E-state index in [4.69, 9.17) is 6.42 Å². The van der Waals surface area contributed by atoms with Gasteiger partial charge in [-0.25, -0.2) is 8.42 Å². The van der Waals surface area contributed by atoms with Gasteiger partial charge in [0.2, 0.25) is 10.0 Å². The molecule has 0 atom stereocenters. The summed E-state index contributed by atoms with van der Waals surface area (Å²) >= 11 is 0. The first-order chi connectivity index (χ1) is 9.82. The Kier molecular flexibility index (Phi) is 6.41. The molecule has 0 saturated carbocycles. The van der Waals surface area contributed by atoms with Crippen LogP contribution in [0.15, 0.2) is 23.1 Å². The third-order valence-corrected chi connectivity index (χ3v) is 5.11. The van der Waals surface area contributed by atoms with Gasteiger partial charge in [-0.2, -0.15) is 4.31 Å². The molecule has 5 heteroatoms. The van der Waals surface area contributed by atoms with E-state index in [1.54, 1.807) is 6.07 Å². The molecule has 1 aromatic carbocycles. The number of rotatable bonds is 7. The van der Waals surface area contributed by atoms with Crippen molar-refractivity contribution in [2.24, 2.45) is 0 Å². The van der Waals surface area contributed by atoms with Gasteiger partial charge in [-0.1, -0.05) is 38.8 Å². The van der Waals surface area contributed by atoms with Crippen LogP contribution in [-0.4, -0.2) is 32.4 Å². The van der Waals surface area contributed by atoms with Crippen LogP contribution >= 0.6 is 0 Å². The molecular weight excluding hydrogens is 284 g/mol. The quantitative estimate of drug-likeness (QED) is 0.784. The lowest BCUT2D eigenvalue weighted by Gasteiger charge is -2.18. The number of hydrogen-bond acceptors (Lipinski definition) is 3. The Labute approximate surface area is 128 Å². The SMILES string of the molecule is C#CCN(C)S(=O)(=O)c1cc(CNC(C)C)ccc1CC. The highest BCUT2D eigenvalue weighted by atomic mass is 32.2. The molecule has 4 nitrogen and oxygen atoms in total. The largest absolute Gasteiger partial charge is 0.310 e. The van der Waals surface area contributed by atoms with E-state index in [1.807, 2.05) is 19.1 Å². The normalized spacial score (nSPS) is 11.9. The van der Waals surface area contributed by atoms with Crippen LogP contribution in [0.3, 0.4) is 0 Å². The third kappa shape index (κ3) is 4.57. The fourth-order valence-corrected chi connectivity index (χ4v) is 3.37. The molecule has 0 aliphatic heterocycles. The molecule has 0 bridgehead atoms. The summed E-state index contributed by atoms with van der Waals surface area (Å²) in [4.78, 5) is 0.353. The zero-order valence-corrected chi connectivity index (χ0v) is 14.0. The van der Waals surface area contributed by atoms with E-state index in [0.717, 1.165) is 11.1 Å². The minimum atomic E-state index is -3.54. The number of aryl methyl sites for hydroxylation is 1. The fourth-order valence-electron chi connectivity index (χ4n) is 1.94. The minimum absolute atomic E-state index is 0.0694. The average Bonchev–Trinajstić information content (AvgIpc) is 2.44. The lowest BCUT2D eigenvalue weighted by molar-refractivity contribution is 0.501. The first kappa shape index (κ1) is 17.7. The molecule has 0 aliphatic carbocycles. The average molecular weight is 308 g/mol. The van der Waals surface area contributed by atoms with Gasteiger partial charge >= 0.3 is 0 Å². The van der Waals surface area contributed by atoms with Gasteiger partial charge in [-0.3, -0.25) is 0 Å². The van der Waals surface area contributed by atoms with Crippen LogP contribution < -0.4 is 5.32 Å². The predicted molar refractivity (Wildman–Crippen MR) is 86.4 cm³/mol. The Morgan fingerprint density at radius 2 is 2.05 bits per heavy atom. The van der Waals surface area contributed by atoms with Crippen LogP contribution in [0.25, 0.3) is 0 Å². The standard InChI is InChI=1S/C16H24N2O2S/c1-6-10-18(5)21(19,20)16-11-14(12-17-13(3)4)8-9-15(16)7-2/h1,8-9,11,13,17H,7,10,12H2,2-5H3. The summed E-state index contributed by atoms with van der Waals surface area (Å²) in [5, 5.41) is 3.29. The van der Waals surface area contributed by atoms with E-state index in [0.29, 0.717) is 23.9 Å². The summed E-state index contributed by atoms with van der Waals surface area (Å²) in [6, 6.07) is 5.94. The summed E-state index contributed by atoms with van der Waals surface area (Å²) < 4.78 is 26.4. The van der Waals surface area contributed by atoms with Crippen molar-refractivity contribution in [1.82, 2.24) is 9.62 Å². The molecule has 0 unspecified atom stereocenters. The zero-order valence-electron chi connectivity index (χ0n) is 13.2. The second kappa shape index (κ2) is 7.60. The smallest absolute Gasteiger partial charge is 0.243 e. The van der Waals surface area contributed by atoms with Crippen molar-refractivity contribution in [3.8, 4) is 12.3 Å². The highest BCUT2D eigenvalue weighted by molar-refractivity contribution is 7.89. The highest BCUT2D eigenvalue weighted by Crippen LogP contribution is 2.21. The molecule has 1 rings (SSSR count). The summed E-state index contributed by atoms with van der Waals surface area (Å²) in [6.45, 7) is 6.77. The van der Waals surface area contributed by atoms with Gasteiger partial charge in [0.25, 0.3) is 0 Å². The van der Waals surface area contributed by atoms with E-state index >= 15 is 0 Å². The Morgan fingerprint density at radius 3 is 2.57 bits per heavy atom. The first-order valence-electron chi connectivity index (χ1n) is 7.07. The van der Waals surface area contributed by atoms with Crippen molar-refractivity contribution >= 4 is 10.0 Å². The summed E-state index contributed by atoms with van der Waals surface area (Å²) in [5.41, 5.74) is 1.76. The maximum atomic E-state index is 12.6. The van der Waals surface area contributed by atoms with E-state index in [2.05, 4.69) is 25.1 Å². The van der Waals surface area contributed by atoms with Crippen LogP contribution in [0, 0.1) is 12.3 Å². The molecule has 0 saturated heterocycles. The second-order valence-corrected chi connectivity index (χ2v) is 7.31. The number of terminal acetylenes is 1. The van der Waals surface area contributed by atoms with Crippen molar-refractivity contribution in [3.63, 3.8) is 0 Å². The van der Waals surface area contributed by atoms with E-state index in [-0.39, 0.29) is 6.54 Å². The number of hydrogen-bond donors (Lipinski definition) is 1. The third-order valence-electron chi connectivity index (χ3n) is 3.23. The topological polar surface area (TPSA) is 49.4 Å². The maximum Gasteiger partial charge on any atom is 0.243 e. The molecule has 0 radical (unpaired) electrons. The highest BCUT2D eigenvalue weighted by Gasteiger charge is 2.23. The molecule has 21 heavy (non-hydrogen) atoms. The lowest BCUT2D eigenvalue weighted by atomic mass is 10.1. The molecule has 0 fully saturated rings. The van der Waals surface area contributed by atoms with Crippen molar-refractivity contribution in [3.05, 3.63) is 29.3 Å². The van der Waals surface area contributed by atoms with Gasteiger partial charge in [-0.05, 0) is 23.6 Å². The zero-order chi connectivity index (χ0) is 16.0. The number of nitrogens with zero attached hydrogens (tertiary/aromatic N) is 1. The van der Waals surface area contributed by atoms with Crippen molar-refractivity contribution in [2.75, 3.05) is 13.6 Å². The summed E-state index contributed by atoms with van der Waals surface area (Å²) in [5.74, 6) is 2.37. The van der Waals surface area contributed by atoms with Crippen molar-refractivity contribution < 1.29 is 8.42 Å². The molecule has 0 aliphatic rings. The van der Waals surface area contributed by atoms with Gasteiger partial charge in [0.15, 0.2) is 0 Å². The Balaban J connectivity index is 3.20. The maximum absolute atomic E-state index is 12.6. The van der Waals surface area contributed by atoms with Crippen LogP contribution in [-0.2, 0) is 23.0 Å². The molecule has 0 aromatic heterocycles. The van der Waals surface area contributed by atoms with Gasteiger partial charge in [0, 0.05) is 19.6 Å². The summed E-state index contributed by atoms with van der Waals surface area (Å²) in [6.07, 6.45) is 5.88. The predicted octanol–water partition coefficient (Wildman–Crippen LogP) is 2.00. The van der Waals surface area contributed by atoms with Crippen molar-refractivity contribution in [2.45, 2.75) is 44.7 Å². The number of sulfonamides is 1. The molecule has 0 amide bonds. The first-order valence-corrected chi connectivity index (χ1v) is 8.51.